The Morgan fingerprint density at radius 2 is 0.688 bits per heavy atom. The van der Waals surface area contributed by atoms with Crippen molar-refractivity contribution in [2.45, 2.75) is 65.2 Å². The summed E-state index contributed by atoms with van der Waals surface area (Å²) in [6.45, 7) is 21.6. The zero-order chi connectivity index (χ0) is 45.7. The molecule has 6 aromatic carbocycles. The highest BCUT2D eigenvalue weighted by atomic mass is 16.5. The number of ether oxygens (including phenoxy) is 4. The van der Waals surface area contributed by atoms with Gasteiger partial charge in [-0.05, 0) is 130 Å². The lowest BCUT2D eigenvalue weighted by atomic mass is 9.87. The van der Waals surface area contributed by atoms with Gasteiger partial charge in [-0.2, -0.15) is 0 Å². The van der Waals surface area contributed by atoms with Gasteiger partial charge >= 0.3 is 11.9 Å². The van der Waals surface area contributed by atoms with Crippen LogP contribution in [0.1, 0.15) is 65.5 Å². The van der Waals surface area contributed by atoms with Crippen LogP contribution in [0.3, 0.4) is 0 Å². The second-order valence-corrected chi connectivity index (χ2v) is 17.5. The molecule has 8 heteroatoms. The molecule has 0 N–H and O–H groups in total. The summed E-state index contributed by atoms with van der Waals surface area (Å²) in [5, 5.41) is 0. The lowest BCUT2D eigenvalue weighted by Gasteiger charge is -2.27. The van der Waals surface area contributed by atoms with Gasteiger partial charge < -0.3 is 28.7 Å². The third-order valence-electron chi connectivity index (χ3n) is 10.7. The van der Waals surface area contributed by atoms with E-state index in [0.717, 1.165) is 68.9 Å². The van der Waals surface area contributed by atoms with Crippen LogP contribution in [0.15, 0.2) is 171 Å². The molecular weight excluding hydrogens is 797 g/mol. The molecule has 0 amide bonds. The van der Waals surface area contributed by atoms with E-state index in [1.165, 1.54) is 11.1 Å². The van der Waals surface area contributed by atoms with Gasteiger partial charge in [0.2, 0.25) is 0 Å². The summed E-state index contributed by atoms with van der Waals surface area (Å²) >= 11 is 0. The maximum absolute atomic E-state index is 11.3. The molecule has 6 rings (SSSR count). The molecule has 0 fully saturated rings. The van der Waals surface area contributed by atoms with Crippen LogP contribution in [0.4, 0.5) is 34.1 Å². The topological polar surface area (TPSA) is 77.5 Å². The van der Waals surface area contributed by atoms with E-state index >= 15 is 0 Å². The Hall–Kier alpha value is -7.06. The number of carbonyl (C=O) groups excluding carboxylic acids is 2. The normalized spacial score (nSPS) is 11.3. The molecule has 0 bridgehead atoms. The Balaban J connectivity index is 1.23. The first-order valence-electron chi connectivity index (χ1n) is 21.8. The number of rotatable bonds is 19. The predicted molar refractivity (Wildman–Crippen MR) is 261 cm³/mol. The van der Waals surface area contributed by atoms with Crippen molar-refractivity contribution in [1.82, 2.24) is 0 Å². The van der Waals surface area contributed by atoms with Crippen LogP contribution in [0.5, 0.6) is 11.5 Å². The van der Waals surface area contributed by atoms with Gasteiger partial charge in [0.1, 0.15) is 11.5 Å². The van der Waals surface area contributed by atoms with Gasteiger partial charge in [0.05, 0.1) is 26.4 Å². The number of hydrogen-bond donors (Lipinski definition) is 0. The molecule has 0 spiro atoms. The molecular formula is C56H60N2O6. The lowest BCUT2D eigenvalue weighted by molar-refractivity contribution is -0.138. The zero-order valence-corrected chi connectivity index (χ0v) is 38.0. The number of nitrogens with zero attached hydrogens (tertiary/aromatic N) is 2. The monoisotopic (exact) mass is 856 g/mol. The second-order valence-electron chi connectivity index (χ2n) is 17.5. The van der Waals surface area contributed by atoms with E-state index in [9.17, 15) is 9.59 Å². The van der Waals surface area contributed by atoms with Gasteiger partial charge in [0, 0.05) is 59.1 Å². The van der Waals surface area contributed by atoms with E-state index in [2.05, 4.69) is 186 Å². The molecule has 0 aromatic heterocycles. The number of esters is 2. The molecule has 0 atom stereocenters. The molecule has 0 heterocycles. The van der Waals surface area contributed by atoms with E-state index in [-0.39, 0.29) is 24.0 Å². The summed E-state index contributed by atoms with van der Waals surface area (Å²) in [5.74, 6) is 0.615. The molecule has 330 valence electrons. The van der Waals surface area contributed by atoms with E-state index in [4.69, 9.17) is 18.9 Å². The maximum atomic E-state index is 11.3. The molecule has 0 unspecified atom stereocenters. The number of carbonyl (C=O) groups is 2. The number of benzene rings is 6. The maximum Gasteiger partial charge on any atom is 0.330 e. The van der Waals surface area contributed by atoms with Crippen molar-refractivity contribution in [1.29, 1.82) is 0 Å². The fraction of sp³-hybridized carbons (Fsp3) is 0.250. The summed E-state index contributed by atoms with van der Waals surface area (Å²) in [4.78, 5) is 27.2. The standard InChI is InChI=1S/C56H60N2O6/c1-9-53(59)63-39-11-37-61-51-33-29-49(30-34-51)57(47-25-17-43(18-26-47)55(3,4)5)45-21-13-41(14-22-45)42-15-23-46(24-16-42)58(48-27-19-44(20-28-48)56(6,7)8)50-31-35-52(36-32-50)62-38-12-40-64-54(60)10-2/h9-10,13-36H,1-2,11-12,37-40H2,3-8H3. The van der Waals surface area contributed by atoms with E-state index in [0.29, 0.717) is 26.1 Å². The van der Waals surface area contributed by atoms with Gasteiger partial charge in [0.25, 0.3) is 0 Å². The van der Waals surface area contributed by atoms with Crippen LogP contribution in [0, 0.1) is 0 Å². The van der Waals surface area contributed by atoms with Crippen molar-refractivity contribution in [3.63, 3.8) is 0 Å². The van der Waals surface area contributed by atoms with Gasteiger partial charge in [-0.1, -0.05) is 103 Å². The fourth-order valence-electron chi connectivity index (χ4n) is 7.07. The van der Waals surface area contributed by atoms with Crippen molar-refractivity contribution in [3.8, 4) is 22.6 Å². The van der Waals surface area contributed by atoms with E-state index in [1.807, 2.05) is 24.3 Å². The Kier molecular flexibility index (Phi) is 15.5. The van der Waals surface area contributed by atoms with Crippen molar-refractivity contribution in [2.24, 2.45) is 0 Å². The minimum absolute atomic E-state index is 0.0313. The molecule has 64 heavy (non-hydrogen) atoms. The molecule has 0 radical (unpaired) electrons. The first-order chi connectivity index (χ1) is 30.7. The van der Waals surface area contributed by atoms with Crippen molar-refractivity contribution >= 4 is 46.1 Å². The van der Waals surface area contributed by atoms with Crippen LogP contribution in [0.25, 0.3) is 11.1 Å². The van der Waals surface area contributed by atoms with Gasteiger partial charge in [-0.15, -0.1) is 0 Å². The van der Waals surface area contributed by atoms with Gasteiger partial charge in [0.15, 0.2) is 0 Å². The van der Waals surface area contributed by atoms with Crippen molar-refractivity contribution in [2.75, 3.05) is 36.2 Å². The molecule has 0 aliphatic heterocycles. The molecule has 0 saturated heterocycles. The SMILES string of the molecule is C=CC(=O)OCCCOc1ccc(N(c2ccc(-c3ccc(N(c4ccc(OCCCOC(=O)C=C)cc4)c4ccc(C(C)(C)C)cc4)cc3)cc2)c2ccc(C(C)(C)C)cc2)cc1. The van der Waals surface area contributed by atoms with E-state index < -0.39 is 11.9 Å². The molecule has 8 nitrogen and oxygen atoms in total. The average Bonchev–Trinajstić information content (AvgIpc) is 3.30. The van der Waals surface area contributed by atoms with Crippen LogP contribution >= 0.6 is 0 Å². The first kappa shape index (κ1) is 46.4. The highest BCUT2D eigenvalue weighted by molar-refractivity contribution is 5.82. The minimum Gasteiger partial charge on any atom is -0.493 e. The predicted octanol–water partition coefficient (Wildman–Crippen LogP) is 13.9. The number of anilines is 6. The Labute approximate surface area is 379 Å². The van der Waals surface area contributed by atoms with Crippen LogP contribution in [-0.2, 0) is 29.9 Å². The highest BCUT2D eigenvalue weighted by Crippen LogP contribution is 2.40. The summed E-state index contributed by atoms with van der Waals surface area (Å²) in [6, 6.07) is 51.0. The average molecular weight is 857 g/mol. The van der Waals surface area contributed by atoms with Crippen LogP contribution in [0.2, 0.25) is 0 Å². The van der Waals surface area contributed by atoms with E-state index in [1.54, 1.807) is 0 Å². The van der Waals surface area contributed by atoms with Gasteiger partial charge in [-0.3, -0.25) is 0 Å². The van der Waals surface area contributed by atoms with Crippen molar-refractivity contribution < 1.29 is 28.5 Å². The summed E-state index contributed by atoms with van der Waals surface area (Å²) < 4.78 is 22.0. The van der Waals surface area contributed by atoms with Crippen molar-refractivity contribution in [3.05, 3.63) is 182 Å². The minimum atomic E-state index is -0.433. The Morgan fingerprint density at radius 1 is 0.422 bits per heavy atom. The molecule has 0 aliphatic carbocycles. The smallest absolute Gasteiger partial charge is 0.330 e. The van der Waals surface area contributed by atoms with Crippen LogP contribution in [-0.4, -0.2) is 38.4 Å². The fourth-order valence-corrected chi connectivity index (χ4v) is 7.07. The summed E-state index contributed by atoms with van der Waals surface area (Å²) in [6.07, 6.45) is 3.48. The van der Waals surface area contributed by atoms with Gasteiger partial charge in [-0.25, -0.2) is 9.59 Å². The Morgan fingerprint density at radius 3 is 0.953 bits per heavy atom. The third-order valence-corrected chi connectivity index (χ3v) is 10.7. The first-order valence-corrected chi connectivity index (χ1v) is 21.8. The van der Waals surface area contributed by atoms with Crippen LogP contribution < -0.4 is 19.3 Å². The quantitative estimate of drug-likeness (QED) is 0.0453. The second kappa shape index (κ2) is 21.3. The molecule has 6 aromatic rings. The zero-order valence-electron chi connectivity index (χ0n) is 38.0. The summed E-state index contributed by atoms with van der Waals surface area (Å²) in [7, 11) is 0. The third kappa shape index (κ3) is 12.5. The Bertz CT molecular complexity index is 2270. The number of hydrogen-bond acceptors (Lipinski definition) is 8. The molecule has 0 saturated carbocycles. The lowest BCUT2D eigenvalue weighted by Crippen LogP contribution is -2.13. The highest BCUT2D eigenvalue weighted by Gasteiger charge is 2.19. The largest absolute Gasteiger partial charge is 0.493 e. The summed E-state index contributed by atoms with van der Waals surface area (Å²) in [5.41, 5.74) is 10.9. The molecule has 0 aliphatic rings.